The molecule has 8 heteroatoms. The number of hydrogen-bond donors (Lipinski definition) is 1. The summed E-state index contributed by atoms with van der Waals surface area (Å²) in [5, 5.41) is 7.63. The van der Waals surface area contributed by atoms with Crippen molar-refractivity contribution in [1.29, 1.82) is 0 Å². The number of rotatable bonds is 7. The van der Waals surface area contributed by atoms with Gasteiger partial charge in [0.1, 0.15) is 11.3 Å². The zero-order valence-corrected chi connectivity index (χ0v) is 16.8. The monoisotopic (exact) mass is 397 g/mol. The van der Waals surface area contributed by atoms with Crippen LogP contribution in [0.3, 0.4) is 0 Å². The summed E-state index contributed by atoms with van der Waals surface area (Å²) in [6.07, 6.45) is 1.43. The zero-order chi connectivity index (χ0) is 21.0. The normalized spacial score (nSPS) is 18.8. The molecule has 2 aromatic carbocycles. The van der Waals surface area contributed by atoms with Gasteiger partial charge in [-0.3, -0.25) is 4.79 Å². The number of methoxy groups -OCH3 is 2. The molecule has 0 bridgehead atoms. The molecule has 0 spiro atoms. The zero-order valence-electron chi connectivity index (χ0n) is 16.8. The van der Waals surface area contributed by atoms with E-state index in [-0.39, 0.29) is 0 Å². The first kappa shape index (κ1) is 20.2. The Bertz CT molecular complexity index is 942. The number of imide groups is 1. The molecule has 1 aliphatic heterocycles. The van der Waals surface area contributed by atoms with Crippen LogP contribution in [0.25, 0.3) is 0 Å². The molecular weight excluding hydrogens is 374 g/mol. The Morgan fingerprint density at radius 2 is 1.79 bits per heavy atom. The van der Waals surface area contributed by atoms with Crippen molar-refractivity contribution in [2.45, 2.75) is 19.4 Å². The molecule has 0 aliphatic carbocycles. The van der Waals surface area contributed by atoms with Gasteiger partial charge in [-0.2, -0.15) is 5.10 Å². The quantitative estimate of drug-likeness (QED) is 0.573. The summed E-state index contributed by atoms with van der Waals surface area (Å²) in [6.45, 7) is 3.99. The lowest BCUT2D eigenvalue weighted by Crippen LogP contribution is -2.40. The Hall–Kier alpha value is -3.55. The lowest BCUT2D eigenvalue weighted by Gasteiger charge is -2.21. The molecule has 1 atom stereocenters. The Labute approximate surface area is 169 Å². The lowest BCUT2D eigenvalue weighted by atomic mass is 9.92. The third-order valence-electron chi connectivity index (χ3n) is 4.65. The van der Waals surface area contributed by atoms with E-state index < -0.39 is 17.5 Å². The van der Waals surface area contributed by atoms with Gasteiger partial charge >= 0.3 is 6.03 Å². The molecule has 1 aliphatic rings. The Morgan fingerprint density at radius 3 is 2.41 bits per heavy atom. The summed E-state index contributed by atoms with van der Waals surface area (Å²) in [7, 11) is 3.12. The van der Waals surface area contributed by atoms with Crippen molar-refractivity contribution in [2.75, 3.05) is 20.8 Å². The van der Waals surface area contributed by atoms with Gasteiger partial charge in [0, 0.05) is 0 Å². The number of nitrogens with one attached hydrogen (secondary N) is 1. The molecule has 1 N–H and O–H groups in total. The molecule has 152 valence electrons. The second-order valence-electron chi connectivity index (χ2n) is 6.49. The third kappa shape index (κ3) is 3.87. The molecule has 1 saturated heterocycles. The van der Waals surface area contributed by atoms with Gasteiger partial charge in [0.2, 0.25) is 0 Å². The van der Waals surface area contributed by atoms with Crippen molar-refractivity contribution in [1.82, 2.24) is 10.3 Å². The summed E-state index contributed by atoms with van der Waals surface area (Å²) in [5.41, 5.74) is 0.0854. The van der Waals surface area contributed by atoms with Crippen LogP contribution in [-0.2, 0) is 10.3 Å². The van der Waals surface area contributed by atoms with Crippen LogP contribution in [0.1, 0.15) is 25.0 Å². The topological polar surface area (TPSA) is 89.5 Å². The van der Waals surface area contributed by atoms with Crippen LogP contribution >= 0.6 is 0 Å². The van der Waals surface area contributed by atoms with E-state index in [2.05, 4.69) is 10.4 Å². The molecule has 8 nitrogen and oxygen atoms in total. The van der Waals surface area contributed by atoms with Crippen LogP contribution in [0.5, 0.6) is 17.2 Å². The number of amides is 3. The van der Waals surface area contributed by atoms with E-state index in [0.29, 0.717) is 35.0 Å². The maximum atomic E-state index is 12.9. The maximum Gasteiger partial charge on any atom is 0.346 e. The van der Waals surface area contributed by atoms with E-state index in [4.69, 9.17) is 14.2 Å². The highest BCUT2D eigenvalue weighted by atomic mass is 16.5. The summed E-state index contributed by atoms with van der Waals surface area (Å²) in [4.78, 5) is 25.3. The fraction of sp³-hybridized carbons (Fsp3) is 0.286. The van der Waals surface area contributed by atoms with Crippen molar-refractivity contribution in [3.63, 3.8) is 0 Å². The second kappa shape index (κ2) is 8.22. The average molecular weight is 397 g/mol. The predicted molar refractivity (Wildman–Crippen MR) is 107 cm³/mol. The summed E-state index contributed by atoms with van der Waals surface area (Å²) in [6, 6.07) is 11.6. The van der Waals surface area contributed by atoms with Crippen LogP contribution in [0.4, 0.5) is 4.79 Å². The molecule has 1 fully saturated rings. The predicted octanol–water partition coefficient (Wildman–Crippen LogP) is 2.90. The number of benzene rings is 2. The van der Waals surface area contributed by atoms with Crippen LogP contribution < -0.4 is 19.5 Å². The van der Waals surface area contributed by atoms with Gasteiger partial charge in [-0.05, 0) is 55.3 Å². The second-order valence-corrected chi connectivity index (χ2v) is 6.49. The molecule has 3 rings (SSSR count). The Kier molecular flexibility index (Phi) is 5.72. The highest BCUT2D eigenvalue weighted by molar-refractivity contribution is 6.07. The number of urea groups is 1. The Balaban J connectivity index is 1.83. The number of hydrazone groups is 1. The summed E-state index contributed by atoms with van der Waals surface area (Å²) >= 11 is 0. The van der Waals surface area contributed by atoms with E-state index in [1.54, 1.807) is 63.6 Å². The van der Waals surface area contributed by atoms with Crippen LogP contribution in [-0.4, -0.2) is 44.0 Å². The van der Waals surface area contributed by atoms with Crippen molar-refractivity contribution in [3.05, 3.63) is 53.6 Å². The first-order chi connectivity index (χ1) is 13.9. The SMILES string of the molecule is CCOc1cc(/C=N\N2C(=O)N[C@](C)(c3ccc(OC)cc3)C2=O)ccc1OC. The summed E-state index contributed by atoms with van der Waals surface area (Å²) in [5.74, 6) is 1.33. The molecule has 0 aromatic heterocycles. The van der Waals surface area contributed by atoms with Gasteiger partial charge in [0.05, 0.1) is 27.0 Å². The molecule has 0 unspecified atom stereocenters. The van der Waals surface area contributed by atoms with E-state index in [9.17, 15) is 9.59 Å². The van der Waals surface area contributed by atoms with Crippen LogP contribution in [0.2, 0.25) is 0 Å². The maximum absolute atomic E-state index is 12.9. The van der Waals surface area contributed by atoms with E-state index >= 15 is 0 Å². The van der Waals surface area contributed by atoms with Gasteiger partial charge in [-0.15, -0.1) is 5.01 Å². The molecule has 0 radical (unpaired) electrons. The molecular formula is C21H23N3O5. The van der Waals surface area contributed by atoms with E-state index in [1.165, 1.54) is 6.21 Å². The standard InChI is InChI=1S/C21H23N3O5/c1-5-29-18-12-14(6-11-17(18)28-4)13-22-24-19(25)21(2,23-20(24)26)15-7-9-16(27-3)10-8-15/h6-13H,5H2,1-4H3,(H,23,26)/b22-13-/t21-/m1/s1. The summed E-state index contributed by atoms with van der Waals surface area (Å²) < 4.78 is 15.9. The molecule has 3 amide bonds. The molecule has 2 aromatic rings. The lowest BCUT2D eigenvalue weighted by molar-refractivity contribution is -0.131. The highest BCUT2D eigenvalue weighted by Crippen LogP contribution is 2.31. The largest absolute Gasteiger partial charge is 0.497 e. The van der Waals surface area contributed by atoms with Crippen molar-refractivity contribution < 1.29 is 23.8 Å². The highest BCUT2D eigenvalue weighted by Gasteiger charge is 2.49. The van der Waals surface area contributed by atoms with Crippen LogP contribution in [0, 0.1) is 0 Å². The number of carbonyl (C=O) groups excluding carboxylic acids is 2. The minimum absolute atomic E-state index is 0.470. The number of ether oxygens (including phenoxy) is 3. The van der Waals surface area contributed by atoms with Gasteiger partial charge in [-0.1, -0.05) is 12.1 Å². The molecule has 0 saturated carbocycles. The van der Waals surface area contributed by atoms with Crippen molar-refractivity contribution >= 4 is 18.2 Å². The van der Waals surface area contributed by atoms with Gasteiger partial charge in [0.25, 0.3) is 5.91 Å². The fourth-order valence-corrected chi connectivity index (χ4v) is 3.02. The van der Waals surface area contributed by atoms with Crippen molar-refractivity contribution in [2.24, 2.45) is 5.10 Å². The van der Waals surface area contributed by atoms with Gasteiger partial charge < -0.3 is 19.5 Å². The fourth-order valence-electron chi connectivity index (χ4n) is 3.02. The van der Waals surface area contributed by atoms with Gasteiger partial charge in [0.15, 0.2) is 11.5 Å². The number of nitrogens with zero attached hydrogens (tertiary/aromatic N) is 2. The van der Waals surface area contributed by atoms with E-state index in [1.807, 2.05) is 6.92 Å². The number of hydrogen-bond acceptors (Lipinski definition) is 6. The third-order valence-corrected chi connectivity index (χ3v) is 4.65. The smallest absolute Gasteiger partial charge is 0.346 e. The minimum Gasteiger partial charge on any atom is -0.497 e. The van der Waals surface area contributed by atoms with Crippen LogP contribution in [0.15, 0.2) is 47.6 Å². The first-order valence-corrected chi connectivity index (χ1v) is 9.09. The van der Waals surface area contributed by atoms with Gasteiger partial charge in [-0.25, -0.2) is 4.79 Å². The van der Waals surface area contributed by atoms with E-state index in [0.717, 1.165) is 5.01 Å². The number of carbonyl (C=O) groups is 2. The Morgan fingerprint density at radius 1 is 1.07 bits per heavy atom. The molecule has 1 heterocycles. The minimum atomic E-state index is -1.21. The first-order valence-electron chi connectivity index (χ1n) is 9.09. The average Bonchev–Trinajstić information content (AvgIpc) is 2.96. The van der Waals surface area contributed by atoms with Crippen molar-refractivity contribution in [3.8, 4) is 17.2 Å². The molecule has 29 heavy (non-hydrogen) atoms.